The minimum atomic E-state index is -0.735. The first-order chi connectivity index (χ1) is 19.5. The summed E-state index contributed by atoms with van der Waals surface area (Å²) in [4.78, 5) is 26.2. The second kappa shape index (κ2) is 15.7. The van der Waals surface area contributed by atoms with Crippen LogP contribution in [0.15, 0.2) is 130 Å². The van der Waals surface area contributed by atoms with Crippen LogP contribution in [-0.4, -0.2) is 23.7 Å². The first-order valence-electron chi connectivity index (χ1n) is 13.0. The lowest BCUT2D eigenvalue weighted by Crippen LogP contribution is -2.32. The van der Waals surface area contributed by atoms with Crippen molar-refractivity contribution in [3.8, 4) is 0 Å². The Kier molecular flexibility index (Phi) is 11.8. The van der Waals surface area contributed by atoms with Gasteiger partial charge in [0, 0.05) is 11.4 Å². The molecule has 2 aromatic carbocycles. The van der Waals surface area contributed by atoms with Crippen molar-refractivity contribution in [3.63, 3.8) is 0 Å². The maximum atomic E-state index is 13.1. The Bertz CT molecular complexity index is 1350. The number of rotatable bonds is 9. The number of aliphatic hydroxyl groups is 1. The minimum absolute atomic E-state index is 0.112. The Morgan fingerprint density at radius 1 is 0.850 bits per heavy atom. The molecular weight excluding hydrogens is 506 g/mol. The van der Waals surface area contributed by atoms with Gasteiger partial charge in [0.05, 0.1) is 29.9 Å². The molecule has 0 spiro atoms. The van der Waals surface area contributed by atoms with Gasteiger partial charge in [-0.25, -0.2) is 9.59 Å². The van der Waals surface area contributed by atoms with Crippen molar-refractivity contribution in [2.24, 2.45) is 0 Å². The summed E-state index contributed by atoms with van der Waals surface area (Å²) >= 11 is 0. The van der Waals surface area contributed by atoms with Gasteiger partial charge < -0.3 is 24.3 Å². The first-order valence-corrected chi connectivity index (χ1v) is 13.0. The van der Waals surface area contributed by atoms with Gasteiger partial charge >= 0.3 is 11.9 Å². The molecular formula is C33H35NO6. The summed E-state index contributed by atoms with van der Waals surface area (Å²) in [5.41, 5.74) is 3.68. The number of esters is 2. The van der Waals surface area contributed by atoms with E-state index in [-0.39, 0.29) is 19.8 Å². The number of allylic oxidation sites excluding steroid dienone is 5. The third-order valence-corrected chi connectivity index (χ3v) is 6.02. The van der Waals surface area contributed by atoms with Gasteiger partial charge in [-0.3, -0.25) is 0 Å². The van der Waals surface area contributed by atoms with Crippen LogP contribution in [0.3, 0.4) is 0 Å². The Morgan fingerprint density at radius 2 is 1.45 bits per heavy atom. The van der Waals surface area contributed by atoms with E-state index in [0.717, 1.165) is 11.1 Å². The third kappa shape index (κ3) is 8.44. The number of nitrogens with one attached hydrogen (secondary N) is 1. The summed E-state index contributed by atoms with van der Waals surface area (Å²) in [5.74, 6) is -1.32. The molecule has 0 radical (unpaired) electrons. The molecule has 1 aliphatic heterocycles. The lowest BCUT2D eigenvalue weighted by atomic mass is 9.83. The summed E-state index contributed by atoms with van der Waals surface area (Å²) in [5, 5.41) is 11.7. The van der Waals surface area contributed by atoms with Crippen LogP contribution in [0.4, 0.5) is 0 Å². The van der Waals surface area contributed by atoms with E-state index in [0.29, 0.717) is 28.3 Å². The SMILES string of the molecule is CC=CC=CCOC(=O)C1=C(C)NC(C)=C(C(=O)OCc2ccccc2)C1c1ccco1.OCc1ccccc1. The van der Waals surface area contributed by atoms with Crippen LogP contribution in [-0.2, 0) is 32.3 Å². The molecule has 2 heterocycles. The summed E-state index contributed by atoms with van der Waals surface area (Å²) in [7, 11) is 0. The van der Waals surface area contributed by atoms with E-state index < -0.39 is 17.9 Å². The van der Waals surface area contributed by atoms with Gasteiger partial charge in [-0.15, -0.1) is 0 Å². The molecule has 3 aromatic rings. The summed E-state index contributed by atoms with van der Waals surface area (Å²) in [6, 6.07) is 22.4. The van der Waals surface area contributed by atoms with Gasteiger partial charge in [0.1, 0.15) is 19.0 Å². The van der Waals surface area contributed by atoms with Gasteiger partial charge in [-0.05, 0) is 50.1 Å². The smallest absolute Gasteiger partial charge is 0.337 e. The fourth-order valence-corrected chi connectivity index (χ4v) is 4.11. The second-order valence-corrected chi connectivity index (χ2v) is 8.91. The van der Waals surface area contributed by atoms with Crippen molar-refractivity contribution in [3.05, 3.63) is 143 Å². The molecule has 208 valence electrons. The van der Waals surface area contributed by atoms with E-state index in [9.17, 15) is 9.59 Å². The van der Waals surface area contributed by atoms with E-state index in [2.05, 4.69) is 5.32 Å². The van der Waals surface area contributed by atoms with Gasteiger partial charge in [0.15, 0.2) is 0 Å². The molecule has 1 aliphatic rings. The van der Waals surface area contributed by atoms with Crippen molar-refractivity contribution in [2.75, 3.05) is 6.61 Å². The number of dihydropyridines is 1. The maximum absolute atomic E-state index is 13.1. The Hall–Kier alpha value is -4.62. The molecule has 0 amide bonds. The topological polar surface area (TPSA) is 98.0 Å². The molecule has 0 aliphatic carbocycles. The van der Waals surface area contributed by atoms with E-state index >= 15 is 0 Å². The van der Waals surface area contributed by atoms with E-state index in [1.165, 1.54) is 6.26 Å². The van der Waals surface area contributed by atoms with Crippen molar-refractivity contribution < 1.29 is 28.6 Å². The number of ether oxygens (including phenoxy) is 2. The lowest BCUT2D eigenvalue weighted by Gasteiger charge is -2.29. The molecule has 40 heavy (non-hydrogen) atoms. The molecule has 4 rings (SSSR count). The van der Waals surface area contributed by atoms with Crippen LogP contribution >= 0.6 is 0 Å². The molecule has 1 aromatic heterocycles. The van der Waals surface area contributed by atoms with E-state index in [1.807, 2.05) is 79.7 Å². The van der Waals surface area contributed by atoms with Gasteiger partial charge in [-0.1, -0.05) is 78.9 Å². The van der Waals surface area contributed by atoms with Crippen molar-refractivity contribution in [1.29, 1.82) is 0 Å². The molecule has 1 atom stereocenters. The number of hydrogen-bond donors (Lipinski definition) is 2. The monoisotopic (exact) mass is 541 g/mol. The number of hydrogen-bond acceptors (Lipinski definition) is 7. The van der Waals surface area contributed by atoms with Crippen molar-refractivity contribution in [1.82, 2.24) is 5.32 Å². The van der Waals surface area contributed by atoms with E-state index in [1.54, 1.807) is 38.1 Å². The van der Waals surface area contributed by atoms with Crippen LogP contribution in [0.1, 0.15) is 43.6 Å². The van der Waals surface area contributed by atoms with Crippen molar-refractivity contribution in [2.45, 2.75) is 39.9 Å². The Labute approximate surface area is 235 Å². The molecule has 0 saturated heterocycles. The highest BCUT2D eigenvalue weighted by Gasteiger charge is 2.39. The minimum Gasteiger partial charge on any atom is -0.468 e. The zero-order valence-electron chi connectivity index (χ0n) is 23.0. The largest absolute Gasteiger partial charge is 0.468 e. The molecule has 2 N–H and O–H groups in total. The highest BCUT2D eigenvalue weighted by molar-refractivity contribution is 5.99. The van der Waals surface area contributed by atoms with Crippen LogP contribution in [0.2, 0.25) is 0 Å². The average Bonchev–Trinajstić information content (AvgIpc) is 3.51. The molecule has 0 bridgehead atoms. The first kappa shape index (κ1) is 29.9. The number of carbonyl (C=O) groups is 2. The zero-order chi connectivity index (χ0) is 28.7. The average molecular weight is 542 g/mol. The molecule has 1 unspecified atom stereocenters. The fraction of sp³-hybridized carbons (Fsp3) is 0.212. The van der Waals surface area contributed by atoms with Crippen LogP contribution in [0, 0.1) is 0 Å². The van der Waals surface area contributed by atoms with E-state index in [4.69, 9.17) is 19.0 Å². The number of furan rings is 1. The molecule has 7 heteroatoms. The number of benzene rings is 2. The van der Waals surface area contributed by atoms with Crippen LogP contribution < -0.4 is 5.32 Å². The summed E-state index contributed by atoms with van der Waals surface area (Å²) < 4.78 is 16.6. The zero-order valence-corrected chi connectivity index (χ0v) is 23.0. The second-order valence-electron chi connectivity index (χ2n) is 8.91. The number of carbonyl (C=O) groups excluding carboxylic acids is 2. The highest BCUT2D eigenvalue weighted by atomic mass is 16.5. The third-order valence-electron chi connectivity index (χ3n) is 6.02. The molecule has 0 saturated carbocycles. The fourth-order valence-electron chi connectivity index (χ4n) is 4.11. The lowest BCUT2D eigenvalue weighted by molar-refractivity contribution is -0.141. The van der Waals surface area contributed by atoms with Crippen molar-refractivity contribution >= 4 is 11.9 Å². The van der Waals surface area contributed by atoms with Gasteiger partial charge in [-0.2, -0.15) is 0 Å². The molecule has 0 fully saturated rings. The summed E-state index contributed by atoms with van der Waals surface area (Å²) in [6.07, 6.45) is 8.77. The maximum Gasteiger partial charge on any atom is 0.337 e. The van der Waals surface area contributed by atoms with Crippen LogP contribution in [0.25, 0.3) is 0 Å². The quantitative estimate of drug-likeness (QED) is 0.249. The van der Waals surface area contributed by atoms with Gasteiger partial charge in [0.2, 0.25) is 0 Å². The predicted octanol–water partition coefficient (Wildman–Crippen LogP) is 6.11. The Morgan fingerprint density at radius 3 is 1.98 bits per heavy atom. The highest BCUT2D eigenvalue weighted by Crippen LogP contribution is 2.39. The number of aliphatic hydroxyl groups excluding tert-OH is 1. The van der Waals surface area contributed by atoms with Gasteiger partial charge in [0.25, 0.3) is 0 Å². The summed E-state index contributed by atoms with van der Waals surface area (Å²) in [6.45, 7) is 5.83. The normalized spacial score (nSPS) is 15.1. The Balaban J connectivity index is 0.000000472. The van der Waals surface area contributed by atoms with Crippen LogP contribution in [0.5, 0.6) is 0 Å². The molecule has 7 nitrogen and oxygen atoms in total. The standard InChI is InChI=1S/C26H27NO5.C7H8O/c1-4-5-6-10-15-31-25(28)22-18(2)27-19(3)23(24(22)21-14-11-16-30-21)26(29)32-17-20-12-8-7-9-13-20;8-6-7-4-2-1-3-5-7/h4-14,16,24,27H,15,17H2,1-3H3;1-5,8H,6H2. The predicted molar refractivity (Wildman–Crippen MR) is 154 cm³/mol.